The molecule has 1 unspecified atom stereocenters. The minimum atomic E-state index is 0.185. The molecule has 1 aliphatic rings. The summed E-state index contributed by atoms with van der Waals surface area (Å²) in [6, 6.07) is 6.60. The van der Waals surface area contributed by atoms with E-state index in [0.717, 1.165) is 36.2 Å². The molecule has 0 aliphatic carbocycles. The number of ether oxygens (including phenoxy) is 1. The van der Waals surface area contributed by atoms with Crippen LogP contribution in [0.25, 0.3) is 0 Å². The molecule has 1 heterocycles. The fourth-order valence-electron chi connectivity index (χ4n) is 2.21. The first-order valence-corrected chi connectivity index (χ1v) is 7.34. The van der Waals surface area contributed by atoms with Crippen LogP contribution in [0.1, 0.15) is 36.9 Å². The van der Waals surface area contributed by atoms with Crippen LogP contribution in [0.5, 0.6) is 0 Å². The van der Waals surface area contributed by atoms with Gasteiger partial charge in [-0.05, 0) is 49.2 Å². The number of aryl methyl sites for hydroxylation is 1. The standard InChI is InChI=1S/C15H20BrNO/c1-3-8-17-15(14-5-4-9-18-14)13-10-12(16)7-6-11(13)2/h5-7,10,15,17H,3-4,8-9H2,1-2H3. The molecule has 1 atom stereocenters. The maximum Gasteiger partial charge on any atom is 0.114 e. The zero-order chi connectivity index (χ0) is 13.0. The van der Waals surface area contributed by atoms with Gasteiger partial charge in [0.25, 0.3) is 0 Å². The van der Waals surface area contributed by atoms with Crippen LogP contribution >= 0.6 is 15.9 Å². The molecule has 0 spiro atoms. The number of nitrogens with one attached hydrogen (secondary N) is 1. The lowest BCUT2D eigenvalue weighted by molar-refractivity contribution is 0.215. The van der Waals surface area contributed by atoms with Crippen molar-refractivity contribution in [2.45, 2.75) is 32.7 Å². The van der Waals surface area contributed by atoms with Gasteiger partial charge in [0, 0.05) is 10.9 Å². The van der Waals surface area contributed by atoms with Crippen molar-refractivity contribution in [2.24, 2.45) is 0 Å². The molecule has 1 aromatic rings. The molecular weight excluding hydrogens is 290 g/mol. The predicted octanol–water partition coefficient (Wildman–Crippen LogP) is 4.10. The highest BCUT2D eigenvalue weighted by Gasteiger charge is 2.21. The SMILES string of the molecule is CCCNC(C1=CCCO1)c1cc(Br)ccc1C. The Kier molecular flexibility index (Phi) is 4.84. The monoisotopic (exact) mass is 309 g/mol. The Labute approximate surface area is 118 Å². The smallest absolute Gasteiger partial charge is 0.114 e. The molecule has 0 fully saturated rings. The molecule has 0 aromatic heterocycles. The molecule has 2 nitrogen and oxygen atoms in total. The van der Waals surface area contributed by atoms with Crippen LogP contribution in [0.2, 0.25) is 0 Å². The van der Waals surface area contributed by atoms with E-state index in [2.05, 4.69) is 59.4 Å². The molecule has 0 saturated carbocycles. The van der Waals surface area contributed by atoms with Crippen molar-refractivity contribution < 1.29 is 4.74 Å². The van der Waals surface area contributed by atoms with Crippen LogP contribution in [0.15, 0.2) is 34.5 Å². The highest BCUT2D eigenvalue weighted by atomic mass is 79.9. The second kappa shape index (κ2) is 6.39. The molecule has 3 heteroatoms. The topological polar surface area (TPSA) is 21.3 Å². The molecule has 1 aromatic carbocycles. The molecule has 0 radical (unpaired) electrons. The summed E-state index contributed by atoms with van der Waals surface area (Å²) >= 11 is 3.55. The number of hydrogen-bond acceptors (Lipinski definition) is 2. The minimum Gasteiger partial charge on any atom is -0.496 e. The number of halogens is 1. The van der Waals surface area contributed by atoms with E-state index in [4.69, 9.17) is 4.74 Å². The van der Waals surface area contributed by atoms with Gasteiger partial charge in [-0.1, -0.05) is 28.9 Å². The number of rotatable bonds is 5. The Morgan fingerprint density at radius 1 is 1.44 bits per heavy atom. The van der Waals surface area contributed by atoms with Gasteiger partial charge in [-0.3, -0.25) is 0 Å². The second-order valence-electron chi connectivity index (χ2n) is 4.63. The van der Waals surface area contributed by atoms with Crippen molar-refractivity contribution >= 4 is 15.9 Å². The minimum absolute atomic E-state index is 0.185. The van der Waals surface area contributed by atoms with E-state index < -0.39 is 0 Å². The van der Waals surface area contributed by atoms with Gasteiger partial charge in [0.2, 0.25) is 0 Å². The van der Waals surface area contributed by atoms with Gasteiger partial charge in [-0.2, -0.15) is 0 Å². The second-order valence-corrected chi connectivity index (χ2v) is 5.55. The van der Waals surface area contributed by atoms with Crippen LogP contribution in [0, 0.1) is 6.92 Å². The average Bonchev–Trinajstić information content (AvgIpc) is 2.88. The predicted molar refractivity (Wildman–Crippen MR) is 78.6 cm³/mol. The van der Waals surface area contributed by atoms with E-state index >= 15 is 0 Å². The van der Waals surface area contributed by atoms with Crippen LogP contribution in [-0.2, 0) is 4.74 Å². The third kappa shape index (κ3) is 3.15. The van der Waals surface area contributed by atoms with Crippen LogP contribution < -0.4 is 5.32 Å². The van der Waals surface area contributed by atoms with Crippen LogP contribution in [0.4, 0.5) is 0 Å². The lowest BCUT2D eigenvalue weighted by Crippen LogP contribution is -2.25. The van der Waals surface area contributed by atoms with Gasteiger partial charge in [-0.15, -0.1) is 0 Å². The van der Waals surface area contributed by atoms with Gasteiger partial charge < -0.3 is 10.1 Å². The van der Waals surface area contributed by atoms with E-state index in [-0.39, 0.29) is 6.04 Å². The Morgan fingerprint density at radius 2 is 2.28 bits per heavy atom. The normalized spacial score (nSPS) is 16.3. The highest BCUT2D eigenvalue weighted by molar-refractivity contribution is 9.10. The molecule has 1 aliphatic heterocycles. The summed E-state index contributed by atoms with van der Waals surface area (Å²) in [5.41, 5.74) is 2.59. The molecule has 2 rings (SSSR count). The summed E-state index contributed by atoms with van der Waals surface area (Å²) < 4.78 is 6.86. The zero-order valence-corrected chi connectivity index (χ0v) is 12.6. The number of hydrogen-bond donors (Lipinski definition) is 1. The maximum absolute atomic E-state index is 5.74. The molecule has 18 heavy (non-hydrogen) atoms. The highest BCUT2D eigenvalue weighted by Crippen LogP contribution is 2.30. The summed E-state index contributed by atoms with van der Waals surface area (Å²) in [5, 5.41) is 3.58. The lowest BCUT2D eigenvalue weighted by atomic mass is 9.99. The van der Waals surface area contributed by atoms with E-state index in [0.29, 0.717) is 0 Å². The fourth-order valence-corrected chi connectivity index (χ4v) is 2.59. The van der Waals surface area contributed by atoms with Crippen molar-refractivity contribution in [2.75, 3.05) is 13.2 Å². The summed E-state index contributed by atoms with van der Waals surface area (Å²) in [6.07, 6.45) is 4.34. The number of benzene rings is 1. The van der Waals surface area contributed by atoms with Crippen LogP contribution in [0.3, 0.4) is 0 Å². The first-order valence-electron chi connectivity index (χ1n) is 6.54. The summed E-state index contributed by atoms with van der Waals surface area (Å²) in [5.74, 6) is 1.07. The fraction of sp³-hybridized carbons (Fsp3) is 0.467. The summed E-state index contributed by atoms with van der Waals surface area (Å²) in [7, 11) is 0. The molecular formula is C15H20BrNO. The van der Waals surface area contributed by atoms with Crippen molar-refractivity contribution in [1.82, 2.24) is 5.32 Å². The van der Waals surface area contributed by atoms with E-state index in [1.165, 1.54) is 11.1 Å². The summed E-state index contributed by atoms with van der Waals surface area (Å²) in [4.78, 5) is 0. The zero-order valence-electron chi connectivity index (χ0n) is 11.0. The van der Waals surface area contributed by atoms with Gasteiger partial charge >= 0.3 is 0 Å². The molecule has 0 bridgehead atoms. The van der Waals surface area contributed by atoms with Crippen molar-refractivity contribution in [1.29, 1.82) is 0 Å². The van der Waals surface area contributed by atoms with Crippen molar-refractivity contribution in [3.63, 3.8) is 0 Å². The van der Waals surface area contributed by atoms with Crippen molar-refractivity contribution in [3.8, 4) is 0 Å². The lowest BCUT2D eigenvalue weighted by Gasteiger charge is -2.22. The van der Waals surface area contributed by atoms with Crippen LogP contribution in [-0.4, -0.2) is 13.2 Å². The first kappa shape index (κ1) is 13.6. The van der Waals surface area contributed by atoms with E-state index in [1.807, 2.05) is 0 Å². The Morgan fingerprint density at radius 3 is 2.94 bits per heavy atom. The maximum atomic E-state index is 5.74. The molecule has 0 amide bonds. The molecule has 0 saturated heterocycles. The Bertz CT molecular complexity index is 442. The first-order chi connectivity index (χ1) is 8.72. The molecule has 98 valence electrons. The molecule has 1 N–H and O–H groups in total. The van der Waals surface area contributed by atoms with E-state index in [1.54, 1.807) is 0 Å². The quantitative estimate of drug-likeness (QED) is 0.884. The van der Waals surface area contributed by atoms with E-state index in [9.17, 15) is 0 Å². The van der Waals surface area contributed by atoms with Crippen molar-refractivity contribution in [3.05, 3.63) is 45.6 Å². The third-order valence-corrected chi connectivity index (χ3v) is 3.66. The largest absolute Gasteiger partial charge is 0.496 e. The average molecular weight is 310 g/mol. The summed E-state index contributed by atoms with van der Waals surface area (Å²) in [6.45, 7) is 6.14. The van der Waals surface area contributed by atoms with Gasteiger partial charge in [0.1, 0.15) is 5.76 Å². The van der Waals surface area contributed by atoms with Gasteiger partial charge in [0.15, 0.2) is 0 Å². The third-order valence-electron chi connectivity index (χ3n) is 3.17. The van der Waals surface area contributed by atoms with Gasteiger partial charge in [-0.25, -0.2) is 0 Å². The Balaban J connectivity index is 2.29. The Hall–Kier alpha value is -0.800. The van der Waals surface area contributed by atoms with Gasteiger partial charge in [0.05, 0.1) is 12.6 Å².